The highest BCUT2D eigenvalue weighted by Gasteiger charge is 2.34. The average Bonchev–Trinajstić information content (AvgIpc) is 2.93. The van der Waals surface area contributed by atoms with Gasteiger partial charge in [0.25, 0.3) is 5.91 Å². The van der Waals surface area contributed by atoms with Crippen molar-refractivity contribution >= 4 is 17.5 Å². The Hall–Kier alpha value is -1.26. The Balaban J connectivity index is 1.59. The molecular formula is C16H21ClN2O2. The van der Waals surface area contributed by atoms with Crippen LogP contribution in [0.25, 0.3) is 0 Å². The summed E-state index contributed by atoms with van der Waals surface area (Å²) in [6.07, 6.45) is 1.98. The van der Waals surface area contributed by atoms with E-state index in [9.17, 15) is 4.79 Å². The van der Waals surface area contributed by atoms with E-state index in [1.165, 1.54) is 19.4 Å². The molecule has 21 heavy (non-hydrogen) atoms. The lowest BCUT2D eigenvalue weighted by Crippen LogP contribution is -2.54. The Morgan fingerprint density at radius 2 is 2.24 bits per heavy atom. The van der Waals surface area contributed by atoms with Crippen LogP contribution in [0.15, 0.2) is 24.3 Å². The quantitative estimate of drug-likeness (QED) is 0.859. The van der Waals surface area contributed by atoms with E-state index >= 15 is 0 Å². The summed E-state index contributed by atoms with van der Waals surface area (Å²) in [7, 11) is 0. The highest BCUT2D eigenvalue weighted by molar-refractivity contribution is 6.30. The molecular weight excluding hydrogens is 288 g/mol. The zero-order chi connectivity index (χ0) is 14.8. The van der Waals surface area contributed by atoms with E-state index in [1.54, 1.807) is 12.1 Å². The van der Waals surface area contributed by atoms with E-state index in [0.717, 1.165) is 19.6 Å². The van der Waals surface area contributed by atoms with Gasteiger partial charge < -0.3 is 9.64 Å². The lowest BCUT2D eigenvalue weighted by Gasteiger charge is -2.38. The second kappa shape index (κ2) is 6.24. The molecule has 2 saturated heterocycles. The molecule has 5 heteroatoms. The van der Waals surface area contributed by atoms with Crippen molar-refractivity contribution in [2.75, 3.05) is 26.2 Å². The first kappa shape index (κ1) is 14.7. The number of hydrogen-bond acceptors (Lipinski definition) is 3. The minimum atomic E-state index is -0.476. The van der Waals surface area contributed by atoms with Crippen molar-refractivity contribution in [1.29, 1.82) is 0 Å². The van der Waals surface area contributed by atoms with Gasteiger partial charge in [0.2, 0.25) is 0 Å². The first-order valence-electron chi connectivity index (χ1n) is 7.58. The highest BCUT2D eigenvalue weighted by Crippen LogP contribution is 2.23. The summed E-state index contributed by atoms with van der Waals surface area (Å²) in [5, 5.41) is 0.617. The fourth-order valence-corrected chi connectivity index (χ4v) is 3.42. The van der Waals surface area contributed by atoms with Crippen LogP contribution in [-0.2, 0) is 4.79 Å². The van der Waals surface area contributed by atoms with Crippen molar-refractivity contribution in [3.05, 3.63) is 29.3 Å². The van der Waals surface area contributed by atoms with E-state index in [2.05, 4.69) is 4.90 Å². The molecule has 3 rings (SSSR count). The zero-order valence-electron chi connectivity index (χ0n) is 12.3. The summed E-state index contributed by atoms with van der Waals surface area (Å²) in [5.41, 5.74) is 0. The number of fused-ring (bicyclic) bond motifs is 1. The fourth-order valence-electron chi connectivity index (χ4n) is 3.24. The van der Waals surface area contributed by atoms with Gasteiger partial charge in [0, 0.05) is 30.7 Å². The van der Waals surface area contributed by atoms with Crippen molar-refractivity contribution in [3.63, 3.8) is 0 Å². The zero-order valence-corrected chi connectivity index (χ0v) is 13.1. The van der Waals surface area contributed by atoms with Crippen LogP contribution >= 0.6 is 11.6 Å². The summed E-state index contributed by atoms with van der Waals surface area (Å²) < 4.78 is 5.73. The summed E-state index contributed by atoms with van der Waals surface area (Å²) in [6, 6.07) is 7.72. The van der Waals surface area contributed by atoms with E-state index < -0.39 is 6.10 Å². The minimum Gasteiger partial charge on any atom is -0.481 e. The van der Waals surface area contributed by atoms with Crippen LogP contribution in [0.5, 0.6) is 5.75 Å². The smallest absolute Gasteiger partial charge is 0.263 e. The predicted octanol–water partition coefficient (Wildman–Crippen LogP) is 2.41. The standard InChI is InChI=1S/C16H21ClN2O2/c1-12(21-15-6-2-4-13(17)10-15)16(20)19-9-8-18-7-3-5-14(18)11-19/h2,4,6,10,12,14H,3,5,7-9,11H2,1H3/t12-,14-/m0/s1. The van der Waals surface area contributed by atoms with Gasteiger partial charge in [-0.1, -0.05) is 17.7 Å². The maximum absolute atomic E-state index is 12.5. The maximum atomic E-state index is 12.5. The number of ether oxygens (including phenoxy) is 1. The number of hydrogen-bond donors (Lipinski definition) is 0. The topological polar surface area (TPSA) is 32.8 Å². The third-order valence-corrected chi connectivity index (χ3v) is 4.59. The van der Waals surface area contributed by atoms with Crippen LogP contribution in [0, 0.1) is 0 Å². The third kappa shape index (κ3) is 3.33. The molecule has 0 aliphatic carbocycles. The average molecular weight is 309 g/mol. The van der Waals surface area contributed by atoms with Crippen LogP contribution in [0.1, 0.15) is 19.8 Å². The Kier molecular flexibility index (Phi) is 4.36. The summed E-state index contributed by atoms with van der Waals surface area (Å²) in [6.45, 7) is 5.62. The van der Waals surface area contributed by atoms with Gasteiger partial charge in [-0.3, -0.25) is 9.69 Å². The van der Waals surface area contributed by atoms with Crippen LogP contribution < -0.4 is 4.74 Å². The molecule has 1 aromatic rings. The van der Waals surface area contributed by atoms with Gasteiger partial charge in [-0.25, -0.2) is 0 Å². The Bertz CT molecular complexity index is 523. The normalized spacial score (nSPS) is 23.7. The molecule has 4 nitrogen and oxygen atoms in total. The molecule has 1 amide bonds. The first-order chi connectivity index (χ1) is 10.1. The number of benzene rings is 1. The lowest BCUT2D eigenvalue weighted by atomic mass is 10.1. The number of halogens is 1. The van der Waals surface area contributed by atoms with Gasteiger partial charge in [-0.2, -0.15) is 0 Å². The number of carbonyl (C=O) groups is 1. The van der Waals surface area contributed by atoms with Crippen molar-refractivity contribution in [2.45, 2.75) is 31.9 Å². The molecule has 2 heterocycles. The van der Waals surface area contributed by atoms with Gasteiger partial charge in [-0.05, 0) is 44.5 Å². The van der Waals surface area contributed by atoms with Gasteiger partial charge in [0.1, 0.15) is 5.75 Å². The summed E-state index contributed by atoms with van der Waals surface area (Å²) >= 11 is 5.94. The van der Waals surface area contributed by atoms with E-state index in [-0.39, 0.29) is 5.91 Å². The number of rotatable bonds is 3. The SMILES string of the molecule is C[C@H](Oc1cccc(Cl)c1)C(=O)N1CCN2CCC[C@H]2C1. The molecule has 0 bridgehead atoms. The van der Waals surface area contributed by atoms with Gasteiger partial charge in [-0.15, -0.1) is 0 Å². The Morgan fingerprint density at radius 3 is 3.05 bits per heavy atom. The monoisotopic (exact) mass is 308 g/mol. The molecule has 2 atom stereocenters. The highest BCUT2D eigenvalue weighted by atomic mass is 35.5. The number of piperazine rings is 1. The molecule has 0 saturated carbocycles. The van der Waals surface area contributed by atoms with Crippen LogP contribution in [-0.4, -0.2) is 54.0 Å². The van der Waals surface area contributed by atoms with Crippen LogP contribution in [0.4, 0.5) is 0 Å². The van der Waals surface area contributed by atoms with Gasteiger partial charge >= 0.3 is 0 Å². The largest absolute Gasteiger partial charge is 0.481 e. The predicted molar refractivity (Wildman–Crippen MR) is 82.7 cm³/mol. The molecule has 0 unspecified atom stereocenters. The Morgan fingerprint density at radius 1 is 1.38 bits per heavy atom. The van der Waals surface area contributed by atoms with E-state index in [4.69, 9.17) is 16.3 Å². The number of amides is 1. The van der Waals surface area contributed by atoms with Crippen LogP contribution in [0.2, 0.25) is 5.02 Å². The second-order valence-electron chi connectivity index (χ2n) is 5.83. The molecule has 2 aliphatic rings. The summed E-state index contributed by atoms with van der Waals surface area (Å²) in [4.78, 5) is 17.0. The molecule has 0 N–H and O–H groups in total. The third-order valence-electron chi connectivity index (χ3n) is 4.36. The Labute approximate surface area is 130 Å². The molecule has 2 fully saturated rings. The maximum Gasteiger partial charge on any atom is 0.263 e. The summed E-state index contributed by atoms with van der Waals surface area (Å²) in [5.74, 6) is 0.712. The van der Waals surface area contributed by atoms with E-state index in [0.29, 0.717) is 16.8 Å². The van der Waals surface area contributed by atoms with Crippen molar-refractivity contribution in [3.8, 4) is 5.75 Å². The van der Waals surface area contributed by atoms with Crippen LogP contribution in [0.3, 0.4) is 0 Å². The molecule has 114 valence electrons. The first-order valence-corrected chi connectivity index (χ1v) is 7.96. The minimum absolute atomic E-state index is 0.0709. The molecule has 0 radical (unpaired) electrons. The fraction of sp³-hybridized carbons (Fsp3) is 0.562. The van der Waals surface area contributed by atoms with Gasteiger partial charge in [0.15, 0.2) is 6.10 Å². The van der Waals surface area contributed by atoms with Crippen molar-refractivity contribution in [1.82, 2.24) is 9.80 Å². The lowest BCUT2D eigenvalue weighted by molar-refractivity contribution is -0.140. The molecule has 2 aliphatic heterocycles. The number of nitrogens with zero attached hydrogens (tertiary/aromatic N) is 2. The van der Waals surface area contributed by atoms with E-state index in [1.807, 2.05) is 24.0 Å². The second-order valence-corrected chi connectivity index (χ2v) is 6.27. The molecule has 0 aromatic heterocycles. The molecule has 1 aromatic carbocycles. The number of carbonyl (C=O) groups excluding carboxylic acids is 1. The van der Waals surface area contributed by atoms with Crippen molar-refractivity contribution < 1.29 is 9.53 Å². The van der Waals surface area contributed by atoms with Gasteiger partial charge in [0.05, 0.1) is 0 Å². The molecule has 0 spiro atoms. The van der Waals surface area contributed by atoms with Crippen molar-refractivity contribution in [2.24, 2.45) is 0 Å².